The van der Waals surface area contributed by atoms with E-state index in [1.807, 2.05) is 50.2 Å². The summed E-state index contributed by atoms with van der Waals surface area (Å²) >= 11 is 0. The SMILES string of the molecule is CC[C@H](C)[C@H](NC(=O)COC(=O)/C=C/c1ccc2cc(OC)ccc2c1)C(=O)OC. The summed E-state index contributed by atoms with van der Waals surface area (Å²) in [6.07, 6.45) is 3.55. The summed E-state index contributed by atoms with van der Waals surface area (Å²) in [5, 5.41) is 4.58. The first-order valence-electron chi connectivity index (χ1n) is 9.67. The summed E-state index contributed by atoms with van der Waals surface area (Å²) in [6, 6.07) is 10.7. The van der Waals surface area contributed by atoms with Crippen molar-refractivity contribution < 1.29 is 28.6 Å². The molecule has 2 aromatic rings. The van der Waals surface area contributed by atoms with Gasteiger partial charge in [0.15, 0.2) is 6.61 Å². The summed E-state index contributed by atoms with van der Waals surface area (Å²) in [4.78, 5) is 35.8. The third kappa shape index (κ3) is 6.34. The zero-order chi connectivity index (χ0) is 22.1. The molecule has 2 aromatic carbocycles. The first kappa shape index (κ1) is 22.9. The van der Waals surface area contributed by atoms with Gasteiger partial charge in [-0.15, -0.1) is 0 Å². The molecule has 2 atom stereocenters. The quantitative estimate of drug-likeness (QED) is 0.502. The van der Waals surface area contributed by atoms with Crippen LogP contribution in [0.1, 0.15) is 25.8 Å². The predicted octanol–water partition coefficient (Wildman–Crippen LogP) is 3.11. The van der Waals surface area contributed by atoms with Crippen molar-refractivity contribution in [3.05, 3.63) is 48.0 Å². The molecule has 160 valence electrons. The number of carbonyl (C=O) groups is 3. The van der Waals surface area contributed by atoms with Gasteiger partial charge in [0.1, 0.15) is 11.8 Å². The molecule has 0 heterocycles. The molecule has 0 unspecified atom stereocenters. The van der Waals surface area contributed by atoms with Crippen molar-refractivity contribution in [2.75, 3.05) is 20.8 Å². The van der Waals surface area contributed by atoms with E-state index in [2.05, 4.69) is 5.32 Å². The Kier molecular flexibility index (Phi) is 8.41. The molecule has 2 rings (SSSR count). The fraction of sp³-hybridized carbons (Fsp3) is 0.348. The first-order valence-corrected chi connectivity index (χ1v) is 9.67. The van der Waals surface area contributed by atoms with Crippen LogP contribution in [0.25, 0.3) is 16.8 Å². The highest BCUT2D eigenvalue weighted by Crippen LogP contribution is 2.22. The van der Waals surface area contributed by atoms with Crippen molar-refractivity contribution in [1.29, 1.82) is 0 Å². The van der Waals surface area contributed by atoms with Gasteiger partial charge in [-0.1, -0.05) is 38.5 Å². The number of ether oxygens (including phenoxy) is 3. The normalized spacial score (nSPS) is 12.9. The lowest BCUT2D eigenvalue weighted by atomic mass is 9.99. The number of carbonyl (C=O) groups excluding carboxylic acids is 3. The van der Waals surface area contributed by atoms with E-state index in [0.29, 0.717) is 6.42 Å². The highest BCUT2D eigenvalue weighted by atomic mass is 16.5. The third-order valence-corrected chi connectivity index (χ3v) is 4.81. The van der Waals surface area contributed by atoms with Gasteiger partial charge in [-0.3, -0.25) is 4.79 Å². The van der Waals surface area contributed by atoms with Crippen LogP contribution in [0.3, 0.4) is 0 Å². The van der Waals surface area contributed by atoms with Crippen LogP contribution < -0.4 is 10.1 Å². The number of methoxy groups -OCH3 is 2. The topological polar surface area (TPSA) is 90.9 Å². The molecule has 1 amide bonds. The molecule has 0 aliphatic rings. The molecule has 0 aliphatic carbocycles. The van der Waals surface area contributed by atoms with Crippen molar-refractivity contribution in [3.63, 3.8) is 0 Å². The Hall–Kier alpha value is -3.35. The van der Waals surface area contributed by atoms with Gasteiger partial charge in [-0.2, -0.15) is 0 Å². The van der Waals surface area contributed by atoms with Gasteiger partial charge in [0.05, 0.1) is 14.2 Å². The minimum atomic E-state index is -0.780. The molecule has 0 saturated heterocycles. The van der Waals surface area contributed by atoms with E-state index in [9.17, 15) is 14.4 Å². The molecular weight excluding hydrogens is 386 g/mol. The van der Waals surface area contributed by atoms with Gasteiger partial charge in [0.2, 0.25) is 0 Å². The summed E-state index contributed by atoms with van der Waals surface area (Å²) in [5.41, 5.74) is 0.816. The monoisotopic (exact) mass is 413 g/mol. The van der Waals surface area contributed by atoms with Crippen LogP contribution >= 0.6 is 0 Å². The van der Waals surface area contributed by atoms with Crippen molar-refractivity contribution in [2.24, 2.45) is 5.92 Å². The average Bonchev–Trinajstić information content (AvgIpc) is 2.78. The van der Waals surface area contributed by atoms with Crippen LogP contribution in [0.2, 0.25) is 0 Å². The van der Waals surface area contributed by atoms with Gasteiger partial charge >= 0.3 is 11.9 Å². The maximum atomic E-state index is 12.0. The Balaban J connectivity index is 1.91. The second-order valence-electron chi connectivity index (χ2n) is 6.87. The van der Waals surface area contributed by atoms with E-state index in [1.54, 1.807) is 13.2 Å². The summed E-state index contributed by atoms with van der Waals surface area (Å²) in [5.74, 6) is -1.08. The second-order valence-corrected chi connectivity index (χ2v) is 6.87. The second kappa shape index (κ2) is 11.0. The van der Waals surface area contributed by atoms with Gasteiger partial charge in [-0.05, 0) is 46.5 Å². The molecule has 7 nitrogen and oxygen atoms in total. The summed E-state index contributed by atoms with van der Waals surface area (Å²) < 4.78 is 14.9. The van der Waals surface area contributed by atoms with Crippen molar-refractivity contribution in [3.8, 4) is 5.75 Å². The highest BCUT2D eigenvalue weighted by Gasteiger charge is 2.26. The van der Waals surface area contributed by atoms with E-state index in [0.717, 1.165) is 22.1 Å². The predicted molar refractivity (Wildman–Crippen MR) is 114 cm³/mol. The zero-order valence-electron chi connectivity index (χ0n) is 17.6. The van der Waals surface area contributed by atoms with Crippen molar-refractivity contribution >= 4 is 34.7 Å². The number of rotatable bonds is 9. The van der Waals surface area contributed by atoms with Gasteiger partial charge in [0.25, 0.3) is 5.91 Å². The zero-order valence-corrected chi connectivity index (χ0v) is 17.6. The van der Waals surface area contributed by atoms with Crippen molar-refractivity contribution in [2.45, 2.75) is 26.3 Å². The molecule has 0 saturated carbocycles. The Morgan fingerprint density at radius 2 is 1.77 bits per heavy atom. The van der Waals surface area contributed by atoms with E-state index >= 15 is 0 Å². The number of esters is 2. The molecule has 0 radical (unpaired) electrons. The Bertz CT molecular complexity index is 936. The summed E-state index contributed by atoms with van der Waals surface area (Å²) in [6.45, 7) is 3.25. The number of amides is 1. The molecule has 30 heavy (non-hydrogen) atoms. The van der Waals surface area contributed by atoms with Crippen LogP contribution in [-0.4, -0.2) is 44.7 Å². The van der Waals surface area contributed by atoms with Gasteiger partial charge in [-0.25, -0.2) is 9.59 Å². The molecule has 7 heteroatoms. The van der Waals surface area contributed by atoms with Crippen LogP contribution in [-0.2, 0) is 23.9 Å². The van der Waals surface area contributed by atoms with Crippen LogP contribution in [0, 0.1) is 5.92 Å². The molecule has 0 spiro atoms. The first-order chi connectivity index (χ1) is 14.4. The third-order valence-electron chi connectivity index (χ3n) is 4.81. The molecule has 1 N–H and O–H groups in total. The molecule has 0 fully saturated rings. The smallest absolute Gasteiger partial charge is 0.331 e. The minimum Gasteiger partial charge on any atom is -0.497 e. The van der Waals surface area contributed by atoms with Crippen molar-refractivity contribution in [1.82, 2.24) is 5.32 Å². The molecule has 0 aromatic heterocycles. The van der Waals surface area contributed by atoms with Crippen LogP contribution in [0.4, 0.5) is 0 Å². The van der Waals surface area contributed by atoms with Crippen LogP contribution in [0.5, 0.6) is 5.75 Å². The van der Waals surface area contributed by atoms with Gasteiger partial charge in [0, 0.05) is 6.08 Å². The maximum absolute atomic E-state index is 12.0. The maximum Gasteiger partial charge on any atom is 0.331 e. The van der Waals surface area contributed by atoms with Gasteiger partial charge < -0.3 is 19.5 Å². The van der Waals surface area contributed by atoms with E-state index in [-0.39, 0.29) is 5.92 Å². The average molecular weight is 413 g/mol. The Morgan fingerprint density at radius 1 is 1.07 bits per heavy atom. The fourth-order valence-electron chi connectivity index (χ4n) is 2.83. The lowest BCUT2D eigenvalue weighted by Gasteiger charge is -2.21. The summed E-state index contributed by atoms with van der Waals surface area (Å²) in [7, 11) is 2.88. The number of hydrogen-bond acceptors (Lipinski definition) is 6. The standard InChI is InChI=1S/C23H27NO6/c1-5-15(2)22(23(27)29-4)24-20(25)14-30-21(26)11-7-16-6-8-18-13-19(28-3)10-9-17(18)12-16/h6-13,15,22H,5,14H2,1-4H3,(H,24,25)/b11-7+/t15-,22-/m0/s1. The number of benzene rings is 2. The fourth-order valence-corrected chi connectivity index (χ4v) is 2.83. The number of fused-ring (bicyclic) bond motifs is 1. The highest BCUT2D eigenvalue weighted by molar-refractivity contribution is 5.92. The molecule has 0 aliphatic heterocycles. The van der Waals surface area contributed by atoms with Crippen LogP contribution in [0.15, 0.2) is 42.5 Å². The Morgan fingerprint density at radius 3 is 2.43 bits per heavy atom. The lowest BCUT2D eigenvalue weighted by molar-refractivity contribution is -0.148. The molecule has 0 bridgehead atoms. The van der Waals surface area contributed by atoms with E-state index < -0.39 is 30.5 Å². The Labute approximate surface area is 176 Å². The number of hydrogen-bond donors (Lipinski definition) is 1. The number of nitrogens with one attached hydrogen (secondary N) is 1. The van der Waals surface area contributed by atoms with E-state index in [4.69, 9.17) is 14.2 Å². The minimum absolute atomic E-state index is 0.107. The largest absolute Gasteiger partial charge is 0.497 e. The van der Waals surface area contributed by atoms with E-state index in [1.165, 1.54) is 13.2 Å². The molecular formula is C23H27NO6. The lowest BCUT2D eigenvalue weighted by Crippen LogP contribution is -2.47.